The summed E-state index contributed by atoms with van der Waals surface area (Å²) in [6.07, 6.45) is 0. The molecule has 0 bridgehead atoms. The van der Waals surface area contributed by atoms with Gasteiger partial charge in [0, 0.05) is 44.8 Å². The lowest BCUT2D eigenvalue weighted by Gasteiger charge is -2.36. The Kier molecular flexibility index (Phi) is 5.31. The van der Waals surface area contributed by atoms with E-state index in [4.69, 9.17) is 5.26 Å². The summed E-state index contributed by atoms with van der Waals surface area (Å²) in [5.74, 6) is 0. The fourth-order valence-corrected chi connectivity index (χ4v) is 2.55. The summed E-state index contributed by atoms with van der Waals surface area (Å²) in [6.45, 7) is 6.86. The van der Waals surface area contributed by atoms with Gasteiger partial charge in [0.25, 0.3) is 5.69 Å². The van der Waals surface area contributed by atoms with Crippen LogP contribution in [0.1, 0.15) is 12.5 Å². The van der Waals surface area contributed by atoms with Crippen LogP contribution >= 0.6 is 0 Å². The molecule has 0 radical (unpaired) electrons. The number of nitrogens with zero attached hydrogens (tertiary/aromatic N) is 4. The highest BCUT2D eigenvalue weighted by Gasteiger charge is 2.20. The van der Waals surface area contributed by atoms with Gasteiger partial charge in [0.1, 0.15) is 5.69 Å². The van der Waals surface area contributed by atoms with Gasteiger partial charge in [0.05, 0.1) is 16.6 Å². The Labute approximate surface area is 130 Å². The van der Waals surface area contributed by atoms with E-state index in [9.17, 15) is 10.1 Å². The van der Waals surface area contributed by atoms with Crippen molar-refractivity contribution in [3.8, 4) is 6.07 Å². The van der Waals surface area contributed by atoms with Crippen LogP contribution in [0, 0.1) is 21.4 Å². The number of hydrogen-bond acceptors (Lipinski definition) is 6. The first-order valence-corrected chi connectivity index (χ1v) is 7.36. The molecular weight excluding hydrogens is 282 g/mol. The monoisotopic (exact) mass is 303 g/mol. The summed E-state index contributed by atoms with van der Waals surface area (Å²) in [5, 5.41) is 23.1. The molecule has 1 aromatic carbocycles. The van der Waals surface area contributed by atoms with Crippen LogP contribution in [0.25, 0.3) is 0 Å². The molecule has 2 rings (SSSR count). The zero-order valence-electron chi connectivity index (χ0n) is 13.0. The molecule has 1 saturated heterocycles. The van der Waals surface area contributed by atoms with Crippen LogP contribution < -0.4 is 5.32 Å². The fraction of sp³-hybridized carbons (Fsp3) is 0.533. The summed E-state index contributed by atoms with van der Waals surface area (Å²) >= 11 is 0. The molecule has 1 aromatic rings. The number of hydrogen-bond donors (Lipinski definition) is 1. The van der Waals surface area contributed by atoms with Crippen molar-refractivity contribution in [3.63, 3.8) is 0 Å². The average molecular weight is 303 g/mol. The van der Waals surface area contributed by atoms with Crippen LogP contribution in [-0.2, 0) is 0 Å². The number of nitrogens with one attached hydrogen (secondary N) is 1. The molecule has 0 saturated carbocycles. The van der Waals surface area contributed by atoms with Gasteiger partial charge in [0.2, 0.25) is 0 Å². The first kappa shape index (κ1) is 16.2. The highest BCUT2D eigenvalue weighted by molar-refractivity contribution is 5.64. The van der Waals surface area contributed by atoms with Crippen molar-refractivity contribution in [1.82, 2.24) is 9.80 Å². The Morgan fingerprint density at radius 1 is 1.41 bits per heavy atom. The van der Waals surface area contributed by atoms with Gasteiger partial charge >= 0.3 is 0 Å². The first-order valence-electron chi connectivity index (χ1n) is 7.36. The molecule has 1 aliphatic rings. The van der Waals surface area contributed by atoms with Crippen LogP contribution in [0.4, 0.5) is 11.4 Å². The van der Waals surface area contributed by atoms with Gasteiger partial charge in [-0.1, -0.05) is 0 Å². The summed E-state index contributed by atoms with van der Waals surface area (Å²) in [4.78, 5) is 15.3. The summed E-state index contributed by atoms with van der Waals surface area (Å²) in [6, 6.07) is 6.73. The molecule has 1 heterocycles. The van der Waals surface area contributed by atoms with Crippen molar-refractivity contribution in [2.45, 2.75) is 13.0 Å². The second kappa shape index (κ2) is 7.20. The maximum absolute atomic E-state index is 11.1. The van der Waals surface area contributed by atoms with E-state index < -0.39 is 4.92 Å². The minimum absolute atomic E-state index is 0.0513. The Balaban J connectivity index is 1.99. The summed E-state index contributed by atoms with van der Waals surface area (Å²) in [7, 11) is 2.11. The molecule has 1 unspecified atom stereocenters. The Morgan fingerprint density at radius 3 is 2.68 bits per heavy atom. The number of nitro benzene ring substituents is 1. The van der Waals surface area contributed by atoms with Crippen molar-refractivity contribution in [3.05, 3.63) is 33.9 Å². The first-order chi connectivity index (χ1) is 10.5. The number of benzene rings is 1. The fourth-order valence-electron chi connectivity index (χ4n) is 2.55. The van der Waals surface area contributed by atoms with Gasteiger partial charge in [-0.3, -0.25) is 15.0 Å². The number of nitriles is 1. The quantitative estimate of drug-likeness (QED) is 0.655. The predicted octanol–water partition coefficient (Wildman–Crippen LogP) is 1.51. The van der Waals surface area contributed by atoms with E-state index in [0.717, 1.165) is 26.2 Å². The molecule has 7 nitrogen and oxygen atoms in total. The molecule has 1 aliphatic heterocycles. The molecular formula is C15H21N5O2. The van der Waals surface area contributed by atoms with Crippen LogP contribution in [0.3, 0.4) is 0 Å². The van der Waals surface area contributed by atoms with Crippen molar-refractivity contribution in [1.29, 1.82) is 5.26 Å². The number of rotatable bonds is 5. The lowest BCUT2D eigenvalue weighted by atomic mass is 10.1. The number of likely N-dealkylation sites (N-methyl/N-ethyl adjacent to an activating group) is 1. The molecule has 1 N–H and O–H groups in total. The molecule has 0 aromatic heterocycles. The normalized spacial score (nSPS) is 17.7. The highest BCUT2D eigenvalue weighted by atomic mass is 16.6. The smallest absolute Gasteiger partial charge is 0.293 e. The molecule has 1 atom stereocenters. The lowest BCUT2D eigenvalue weighted by Crippen LogP contribution is -2.49. The minimum atomic E-state index is -0.455. The zero-order valence-corrected chi connectivity index (χ0v) is 13.0. The number of anilines is 1. The van der Waals surface area contributed by atoms with E-state index >= 15 is 0 Å². The van der Waals surface area contributed by atoms with E-state index in [0.29, 0.717) is 23.8 Å². The number of nitro groups is 1. The second-order valence-corrected chi connectivity index (χ2v) is 5.67. The van der Waals surface area contributed by atoms with Gasteiger partial charge in [0.15, 0.2) is 0 Å². The predicted molar refractivity (Wildman–Crippen MR) is 84.8 cm³/mol. The van der Waals surface area contributed by atoms with Crippen molar-refractivity contribution in [2.75, 3.05) is 45.1 Å². The topological polar surface area (TPSA) is 85.4 Å². The van der Waals surface area contributed by atoms with Crippen LogP contribution in [0.15, 0.2) is 18.2 Å². The highest BCUT2D eigenvalue weighted by Crippen LogP contribution is 2.25. The van der Waals surface area contributed by atoms with E-state index in [1.807, 2.05) is 6.07 Å². The SMILES string of the molecule is CC(CNc1ccc(C#N)cc1[N+](=O)[O-])N1CCN(C)CC1. The van der Waals surface area contributed by atoms with Gasteiger partial charge in [-0.2, -0.15) is 5.26 Å². The van der Waals surface area contributed by atoms with E-state index in [1.54, 1.807) is 12.1 Å². The minimum Gasteiger partial charge on any atom is -0.378 e. The molecule has 7 heteroatoms. The van der Waals surface area contributed by atoms with Crippen molar-refractivity contribution in [2.24, 2.45) is 0 Å². The van der Waals surface area contributed by atoms with Crippen LogP contribution in [0.5, 0.6) is 0 Å². The van der Waals surface area contributed by atoms with Gasteiger partial charge in [-0.25, -0.2) is 0 Å². The Morgan fingerprint density at radius 2 is 2.09 bits per heavy atom. The third kappa shape index (κ3) is 3.93. The van der Waals surface area contributed by atoms with Crippen LogP contribution in [0.2, 0.25) is 0 Å². The third-order valence-corrected chi connectivity index (χ3v) is 4.07. The summed E-state index contributed by atoms with van der Waals surface area (Å²) < 4.78 is 0. The molecule has 0 spiro atoms. The average Bonchev–Trinajstić information content (AvgIpc) is 2.53. The molecule has 1 fully saturated rings. The number of piperazine rings is 1. The van der Waals surface area contributed by atoms with E-state index in [1.165, 1.54) is 6.07 Å². The molecule has 22 heavy (non-hydrogen) atoms. The summed E-state index contributed by atoms with van der Waals surface area (Å²) in [5.41, 5.74) is 0.707. The third-order valence-electron chi connectivity index (χ3n) is 4.07. The zero-order chi connectivity index (χ0) is 16.1. The van der Waals surface area contributed by atoms with Gasteiger partial charge in [-0.05, 0) is 26.1 Å². The van der Waals surface area contributed by atoms with Crippen molar-refractivity contribution < 1.29 is 4.92 Å². The largest absolute Gasteiger partial charge is 0.378 e. The maximum Gasteiger partial charge on any atom is 0.293 e. The maximum atomic E-state index is 11.1. The Bertz CT molecular complexity index is 576. The molecule has 118 valence electrons. The van der Waals surface area contributed by atoms with Crippen LogP contribution in [-0.4, -0.2) is 60.5 Å². The van der Waals surface area contributed by atoms with E-state index in [2.05, 4.69) is 29.1 Å². The van der Waals surface area contributed by atoms with E-state index in [-0.39, 0.29) is 5.69 Å². The Hall–Kier alpha value is -2.17. The molecule has 0 aliphatic carbocycles. The standard InChI is InChI=1S/C15H21N5O2/c1-12(19-7-5-18(2)6-8-19)11-17-14-4-3-13(10-16)9-15(14)20(21)22/h3-4,9,12,17H,5-8,11H2,1-2H3. The second-order valence-electron chi connectivity index (χ2n) is 5.67. The van der Waals surface area contributed by atoms with Gasteiger partial charge < -0.3 is 10.2 Å². The lowest BCUT2D eigenvalue weighted by molar-refractivity contribution is -0.384. The van der Waals surface area contributed by atoms with Crippen molar-refractivity contribution >= 4 is 11.4 Å². The van der Waals surface area contributed by atoms with Gasteiger partial charge in [-0.15, -0.1) is 0 Å². The molecule has 0 amide bonds.